The fourth-order valence-corrected chi connectivity index (χ4v) is 2.56. The van der Waals surface area contributed by atoms with Gasteiger partial charge in [-0.1, -0.05) is 31.2 Å². The van der Waals surface area contributed by atoms with Crippen LogP contribution < -0.4 is 5.32 Å². The summed E-state index contributed by atoms with van der Waals surface area (Å²) in [5.74, 6) is 1.89. The Morgan fingerprint density at radius 3 is 2.20 bits per heavy atom. The van der Waals surface area contributed by atoms with Crippen LogP contribution in [0.3, 0.4) is 0 Å². The average molecular weight is 274 g/mol. The first kappa shape index (κ1) is 15.5. The Bertz CT molecular complexity index is 416. The summed E-state index contributed by atoms with van der Waals surface area (Å²) in [4.78, 5) is 2.45. The predicted molar refractivity (Wildman–Crippen MR) is 86.6 cm³/mol. The fraction of sp³-hybridized carbons (Fsp3) is 0.667. The van der Waals surface area contributed by atoms with E-state index in [9.17, 15) is 0 Å². The fourth-order valence-electron chi connectivity index (χ4n) is 2.56. The van der Waals surface area contributed by atoms with E-state index in [-0.39, 0.29) is 5.54 Å². The molecule has 1 aliphatic rings. The Balaban J connectivity index is 1.78. The summed E-state index contributed by atoms with van der Waals surface area (Å²) < 4.78 is 0. The van der Waals surface area contributed by atoms with E-state index in [1.165, 1.54) is 24.1 Å². The summed E-state index contributed by atoms with van der Waals surface area (Å²) in [6.07, 6.45) is 1.42. The Morgan fingerprint density at radius 2 is 1.70 bits per heavy atom. The molecule has 2 rings (SSSR count). The molecule has 1 aliphatic carbocycles. The van der Waals surface area contributed by atoms with Crippen LogP contribution in [0.25, 0.3) is 0 Å². The number of nitrogens with zero attached hydrogens (tertiary/aromatic N) is 1. The van der Waals surface area contributed by atoms with Crippen molar-refractivity contribution in [1.29, 1.82) is 0 Å². The van der Waals surface area contributed by atoms with Crippen LogP contribution in [0.4, 0.5) is 0 Å². The summed E-state index contributed by atoms with van der Waals surface area (Å²) in [6.45, 7) is 12.2. The second kappa shape index (κ2) is 6.28. The van der Waals surface area contributed by atoms with Crippen LogP contribution in [0, 0.1) is 11.8 Å². The highest BCUT2D eigenvalue weighted by Gasteiger charge is 2.32. The number of benzene rings is 1. The lowest BCUT2D eigenvalue weighted by Crippen LogP contribution is -2.35. The number of nitrogens with one attached hydrogen (secondary N) is 1. The molecule has 20 heavy (non-hydrogen) atoms. The first-order valence-corrected chi connectivity index (χ1v) is 7.85. The van der Waals surface area contributed by atoms with Crippen molar-refractivity contribution in [2.24, 2.45) is 11.8 Å². The first-order chi connectivity index (χ1) is 9.33. The molecule has 2 heteroatoms. The summed E-state index contributed by atoms with van der Waals surface area (Å²) in [6, 6.07) is 9.04. The van der Waals surface area contributed by atoms with E-state index < -0.39 is 0 Å². The van der Waals surface area contributed by atoms with Gasteiger partial charge in [0.25, 0.3) is 0 Å². The SMILES string of the molecule is CC1CC1CN(C)Cc1ccc(CNC(C)(C)C)cc1. The molecule has 1 aromatic rings. The molecular formula is C18H30N2. The van der Waals surface area contributed by atoms with E-state index in [1.54, 1.807) is 0 Å². The molecule has 0 radical (unpaired) electrons. The maximum atomic E-state index is 3.53. The molecule has 0 aliphatic heterocycles. The first-order valence-electron chi connectivity index (χ1n) is 7.85. The summed E-state index contributed by atoms with van der Waals surface area (Å²) in [5.41, 5.74) is 2.96. The van der Waals surface area contributed by atoms with Gasteiger partial charge < -0.3 is 10.2 Å². The minimum absolute atomic E-state index is 0.180. The molecule has 2 unspecified atom stereocenters. The molecule has 112 valence electrons. The standard InChI is InChI=1S/C18H30N2/c1-14-10-17(14)13-20(5)12-16-8-6-15(7-9-16)11-19-18(2,3)4/h6-9,14,17,19H,10-13H2,1-5H3. The molecule has 0 bridgehead atoms. The van der Waals surface area contributed by atoms with Crippen LogP contribution in [0.5, 0.6) is 0 Å². The Morgan fingerprint density at radius 1 is 1.15 bits per heavy atom. The van der Waals surface area contributed by atoms with E-state index in [1.807, 2.05) is 0 Å². The largest absolute Gasteiger partial charge is 0.308 e. The lowest BCUT2D eigenvalue weighted by molar-refractivity contribution is 0.307. The predicted octanol–water partition coefficient (Wildman–Crippen LogP) is 3.66. The number of rotatable bonds is 6. The van der Waals surface area contributed by atoms with Gasteiger partial charge in [0.15, 0.2) is 0 Å². The molecule has 1 N–H and O–H groups in total. The molecule has 1 fully saturated rings. The molecular weight excluding hydrogens is 244 g/mol. The van der Waals surface area contributed by atoms with Crippen LogP contribution in [0.15, 0.2) is 24.3 Å². The van der Waals surface area contributed by atoms with Crippen LogP contribution in [-0.2, 0) is 13.1 Å². The summed E-state index contributed by atoms with van der Waals surface area (Å²) in [7, 11) is 2.24. The zero-order valence-electron chi connectivity index (χ0n) is 13.7. The maximum absolute atomic E-state index is 3.53. The van der Waals surface area contributed by atoms with Crippen molar-refractivity contribution in [3.05, 3.63) is 35.4 Å². The van der Waals surface area contributed by atoms with Gasteiger partial charge in [-0.25, -0.2) is 0 Å². The van der Waals surface area contributed by atoms with Crippen LogP contribution in [0.1, 0.15) is 45.2 Å². The van der Waals surface area contributed by atoms with Gasteiger partial charge in [-0.05, 0) is 57.2 Å². The van der Waals surface area contributed by atoms with Crippen LogP contribution >= 0.6 is 0 Å². The van der Waals surface area contributed by atoms with Crippen molar-refractivity contribution in [2.45, 2.75) is 52.7 Å². The quantitative estimate of drug-likeness (QED) is 0.851. The third kappa shape index (κ3) is 5.26. The van der Waals surface area contributed by atoms with Gasteiger partial charge in [0, 0.05) is 25.2 Å². The van der Waals surface area contributed by atoms with Crippen LogP contribution in [-0.4, -0.2) is 24.0 Å². The molecule has 0 spiro atoms. The monoisotopic (exact) mass is 274 g/mol. The molecule has 0 amide bonds. The Kier molecular flexibility index (Phi) is 4.87. The molecule has 1 saturated carbocycles. The molecule has 0 heterocycles. The summed E-state index contributed by atoms with van der Waals surface area (Å²) >= 11 is 0. The van der Waals surface area contributed by atoms with Gasteiger partial charge in [-0.3, -0.25) is 0 Å². The van der Waals surface area contributed by atoms with Gasteiger partial charge in [0.1, 0.15) is 0 Å². The normalized spacial score (nSPS) is 22.3. The summed E-state index contributed by atoms with van der Waals surface area (Å²) in [5, 5.41) is 3.53. The zero-order chi connectivity index (χ0) is 14.8. The maximum Gasteiger partial charge on any atom is 0.0230 e. The smallest absolute Gasteiger partial charge is 0.0230 e. The van der Waals surface area contributed by atoms with Gasteiger partial charge in [-0.2, -0.15) is 0 Å². The molecule has 2 nitrogen and oxygen atoms in total. The third-order valence-electron chi connectivity index (χ3n) is 4.12. The topological polar surface area (TPSA) is 15.3 Å². The minimum Gasteiger partial charge on any atom is -0.308 e. The van der Waals surface area contributed by atoms with Crippen molar-refractivity contribution in [1.82, 2.24) is 10.2 Å². The third-order valence-corrected chi connectivity index (χ3v) is 4.12. The minimum atomic E-state index is 0.180. The number of hydrogen-bond donors (Lipinski definition) is 1. The molecule has 1 aromatic carbocycles. The van der Waals surface area contributed by atoms with Crippen molar-refractivity contribution >= 4 is 0 Å². The highest BCUT2D eigenvalue weighted by atomic mass is 15.1. The van der Waals surface area contributed by atoms with Gasteiger partial charge in [-0.15, -0.1) is 0 Å². The Hall–Kier alpha value is -0.860. The number of hydrogen-bond acceptors (Lipinski definition) is 2. The van der Waals surface area contributed by atoms with E-state index in [0.29, 0.717) is 0 Å². The van der Waals surface area contributed by atoms with Gasteiger partial charge in [0.05, 0.1) is 0 Å². The van der Waals surface area contributed by atoms with Crippen molar-refractivity contribution in [3.63, 3.8) is 0 Å². The van der Waals surface area contributed by atoms with Gasteiger partial charge in [0.2, 0.25) is 0 Å². The van der Waals surface area contributed by atoms with E-state index in [0.717, 1.165) is 24.9 Å². The zero-order valence-corrected chi connectivity index (χ0v) is 13.7. The molecule has 0 saturated heterocycles. The highest BCUT2D eigenvalue weighted by molar-refractivity contribution is 5.22. The lowest BCUT2D eigenvalue weighted by atomic mass is 10.1. The van der Waals surface area contributed by atoms with Crippen molar-refractivity contribution in [3.8, 4) is 0 Å². The average Bonchev–Trinajstić information content (AvgIpc) is 3.02. The molecule has 0 aromatic heterocycles. The highest BCUT2D eigenvalue weighted by Crippen LogP contribution is 2.38. The lowest BCUT2D eigenvalue weighted by Gasteiger charge is -2.21. The molecule has 2 atom stereocenters. The van der Waals surface area contributed by atoms with Crippen molar-refractivity contribution in [2.75, 3.05) is 13.6 Å². The second-order valence-corrected chi connectivity index (χ2v) is 7.59. The Labute approximate surface area is 124 Å². The van der Waals surface area contributed by atoms with E-state index in [2.05, 4.69) is 69.2 Å². The van der Waals surface area contributed by atoms with Crippen LogP contribution in [0.2, 0.25) is 0 Å². The van der Waals surface area contributed by atoms with E-state index in [4.69, 9.17) is 0 Å². The van der Waals surface area contributed by atoms with E-state index >= 15 is 0 Å². The van der Waals surface area contributed by atoms with Gasteiger partial charge >= 0.3 is 0 Å². The second-order valence-electron chi connectivity index (χ2n) is 7.59. The van der Waals surface area contributed by atoms with Crippen molar-refractivity contribution < 1.29 is 0 Å².